The summed E-state index contributed by atoms with van der Waals surface area (Å²) in [6, 6.07) is 2.77. The molecular formula is C13H21N5O3. The van der Waals surface area contributed by atoms with E-state index in [2.05, 4.69) is 15.6 Å². The molecule has 1 aromatic rings. The highest BCUT2D eigenvalue weighted by Gasteiger charge is 2.16. The fraction of sp³-hybridized carbons (Fsp3) is 0.538. The Bertz CT molecular complexity index is 507. The molecule has 2 N–H and O–H groups in total. The Morgan fingerprint density at radius 1 is 1.43 bits per heavy atom. The number of likely N-dealkylation sites (N-methyl/N-ethyl adjacent to an activating group) is 2. The fourth-order valence-corrected chi connectivity index (χ4v) is 1.72. The maximum absolute atomic E-state index is 11.5. The van der Waals surface area contributed by atoms with Crippen LogP contribution in [-0.4, -0.2) is 42.5 Å². The minimum atomic E-state index is -0.462. The standard InChI is InChI=1S/C13H21N5O3/c1-4-6-15-11-7-10(18(20)21)8-12(16-11)17(5-2)9-13(19)14-3/h7-8H,4-6,9H2,1-3H3,(H,14,19)(H,15,16). The molecule has 0 atom stereocenters. The predicted octanol–water partition coefficient (Wildman–Crippen LogP) is 1.38. The zero-order chi connectivity index (χ0) is 15.8. The molecule has 116 valence electrons. The summed E-state index contributed by atoms with van der Waals surface area (Å²) in [5.41, 5.74) is -0.0473. The Labute approximate surface area is 123 Å². The van der Waals surface area contributed by atoms with E-state index in [0.717, 1.165) is 6.42 Å². The molecule has 0 aliphatic rings. The van der Waals surface area contributed by atoms with E-state index in [1.807, 2.05) is 13.8 Å². The third kappa shape index (κ3) is 4.90. The van der Waals surface area contributed by atoms with E-state index in [9.17, 15) is 14.9 Å². The van der Waals surface area contributed by atoms with Crippen molar-refractivity contribution >= 4 is 23.2 Å². The van der Waals surface area contributed by atoms with Gasteiger partial charge in [-0.25, -0.2) is 4.98 Å². The molecule has 8 nitrogen and oxygen atoms in total. The molecule has 0 aliphatic heterocycles. The highest BCUT2D eigenvalue weighted by atomic mass is 16.6. The summed E-state index contributed by atoms with van der Waals surface area (Å²) >= 11 is 0. The van der Waals surface area contributed by atoms with Gasteiger partial charge in [0.2, 0.25) is 5.91 Å². The third-order valence-electron chi connectivity index (χ3n) is 2.88. The van der Waals surface area contributed by atoms with Gasteiger partial charge >= 0.3 is 0 Å². The molecule has 0 saturated heterocycles. The molecule has 1 rings (SSSR count). The Morgan fingerprint density at radius 3 is 2.67 bits per heavy atom. The topological polar surface area (TPSA) is 100 Å². The van der Waals surface area contributed by atoms with Crippen molar-refractivity contribution in [3.8, 4) is 0 Å². The number of nitro groups is 1. The van der Waals surface area contributed by atoms with Gasteiger partial charge in [0.25, 0.3) is 5.69 Å². The van der Waals surface area contributed by atoms with Gasteiger partial charge in [0.05, 0.1) is 23.6 Å². The maximum Gasteiger partial charge on any atom is 0.276 e. The van der Waals surface area contributed by atoms with Crippen molar-refractivity contribution in [2.75, 3.05) is 36.9 Å². The molecule has 0 saturated carbocycles. The molecule has 0 unspecified atom stereocenters. The van der Waals surface area contributed by atoms with Crippen molar-refractivity contribution in [2.24, 2.45) is 0 Å². The van der Waals surface area contributed by atoms with E-state index in [-0.39, 0.29) is 18.1 Å². The zero-order valence-electron chi connectivity index (χ0n) is 12.5. The van der Waals surface area contributed by atoms with Gasteiger partial charge in [-0.15, -0.1) is 0 Å². The molecule has 0 radical (unpaired) electrons. The van der Waals surface area contributed by atoms with Crippen LogP contribution in [0.2, 0.25) is 0 Å². The molecule has 0 fully saturated rings. The van der Waals surface area contributed by atoms with Crippen molar-refractivity contribution in [3.63, 3.8) is 0 Å². The number of nitrogens with one attached hydrogen (secondary N) is 2. The fourth-order valence-electron chi connectivity index (χ4n) is 1.72. The molecule has 0 bridgehead atoms. The minimum absolute atomic E-state index is 0.0473. The summed E-state index contributed by atoms with van der Waals surface area (Å²) in [6.07, 6.45) is 0.884. The molecule has 0 aliphatic carbocycles. The maximum atomic E-state index is 11.5. The highest BCUT2D eigenvalue weighted by molar-refractivity contribution is 5.80. The van der Waals surface area contributed by atoms with Crippen molar-refractivity contribution in [2.45, 2.75) is 20.3 Å². The summed E-state index contributed by atoms with van der Waals surface area (Å²) in [5.74, 6) is 0.679. The SMILES string of the molecule is CCCNc1cc([N+](=O)[O-])cc(N(CC)CC(=O)NC)n1. The van der Waals surface area contributed by atoms with Crippen molar-refractivity contribution < 1.29 is 9.72 Å². The number of carbonyl (C=O) groups excluding carboxylic acids is 1. The van der Waals surface area contributed by atoms with Gasteiger partial charge in [0.15, 0.2) is 0 Å². The molecule has 1 amide bonds. The molecule has 1 aromatic heterocycles. The van der Waals surface area contributed by atoms with Gasteiger partial charge in [-0.1, -0.05) is 6.92 Å². The lowest BCUT2D eigenvalue weighted by Crippen LogP contribution is -2.36. The summed E-state index contributed by atoms with van der Waals surface area (Å²) in [5, 5.41) is 16.6. The van der Waals surface area contributed by atoms with E-state index < -0.39 is 4.92 Å². The zero-order valence-corrected chi connectivity index (χ0v) is 12.5. The van der Waals surface area contributed by atoms with E-state index in [1.54, 1.807) is 11.9 Å². The molecule has 21 heavy (non-hydrogen) atoms. The Hall–Kier alpha value is -2.38. The number of pyridine rings is 1. The number of hydrogen-bond donors (Lipinski definition) is 2. The first kappa shape index (κ1) is 16.7. The Balaban J connectivity index is 3.09. The normalized spacial score (nSPS) is 10.0. The summed E-state index contributed by atoms with van der Waals surface area (Å²) in [6.45, 7) is 5.16. The average molecular weight is 295 g/mol. The van der Waals surface area contributed by atoms with Crippen molar-refractivity contribution in [1.82, 2.24) is 10.3 Å². The number of carbonyl (C=O) groups is 1. The molecular weight excluding hydrogens is 274 g/mol. The lowest BCUT2D eigenvalue weighted by Gasteiger charge is -2.21. The van der Waals surface area contributed by atoms with E-state index >= 15 is 0 Å². The summed E-state index contributed by atoms with van der Waals surface area (Å²) in [4.78, 5) is 28.1. The lowest BCUT2D eigenvalue weighted by atomic mass is 10.3. The van der Waals surface area contributed by atoms with Gasteiger partial charge in [0, 0.05) is 20.1 Å². The average Bonchev–Trinajstić information content (AvgIpc) is 2.49. The van der Waals surface area contributed by atoms with Crippen LogP contribution in [0.4, 0.5) is 17.3 Å². The van der Waals surface area contributed by atoms with Crippen LogP contribution in [0.1, 0.15) is 20.3 Å². The number of anilines is 2. The quantitative estimate of drug-likeness (QED) is 0.555. The number of rotatable bonds is 8. The summed E-state index contributed by atoms with van der Waals surface area (Å²) in [7, 11) is 1.55. The summed E-state index contributed by atoms with van der Waals surface area (Å²) < 4.78 is 0. The van der Waals surface area contributed by atoms with Crippen LogP contribution in [0.15, 0.2) is 12.1 Å². The first-order valence-electron chi connectivity index (χ1n) is 6.87. The number of hydrogen-bond acceptors (Lipinski definition) is 6. The molecule has 0 spiro atoms. The van der Waals surface area contributed by atoms with E-state index in [4.69, 9.17) is 0 Å². The van der Waals surface area contributed by atoms with Crippen LogP contribution >= 0.6 is 0 Å². The Morgan fingerprint density at radius 2 is 2.14 bits per heavy atom. The number of nitrogens with zero attached hydrogens (tertiary/aromatic N) is 3. The Kier molecular flexibility index (Phi) is 6.38. The van der Waals surface area contributed by atoms with Gasteiger partial charge in [-0.2, -0.15) is 0 Å². The van der Waals surface area contributed by atoms with Gasteiger partial charge in [-0.05, 0) is 13.3 Å². The van der Waals surface area contributed by atoms with Crippen molar-refractivity contribution in [1.29, 1.82) is 0 Å². The van der Waals surface area contributed by atoms with Crippen LogP contribution in [0.25, 0.3) is 0 Å². The van der Waals surface area contributed by atoms with Crippen LogP contribution in [-0.2, 0) is 4.79 Å². The number of amides is 1. The number of aromatic nitrogens is 1. The van der Waals surface area contributed by atoms with Crippen LogP contribution in [0.5, 0.6) is 0 Å². The van der Waals surface area contributed by atoms with Gasteiger partial charge < -0.3 is 15.5 Å². The van der Waals surface area contributed by atoms with E-state index in [0.29, 0.717) is 24.7 Å². The second kappa shape index (κ2) is 8.03. The molecule has 8 heteroatoms. The smallest absolute Gasteiger partial charge is 0.276 e. The predicted molar refractivity (Wildman–Crippen MR) is 81.6 cm³/mol. The van der Waals surface area contributed by atoms with Crippen molar-refractivity contribution in [3.05, 3.63) is 22.2 Å². The van der Waals surface area contributed by atoms with E-state index in [1.165, 1.54) is 12.1 Å². The highest BCUT2D eigenvalue weighted by Crippen LogP contribution is 2.23. The minimum Gasteiger partial charge on any atom is -0.370 e. The lowest BCUT2D eigenvalue weighted by molar-refractivity contribution is -0.384. The molecule has 1 heterocycles. The van der Waals surface area contributed by atoms with Crippen LogP contribution in [0.3, 0.4) is 0 Å². The monoisotopic (exact) mass is 295 g/mol. The largest absolute Gasteiger partial charge is 0.370 e. The first-order valence-corrected chi connectivity index (χ1v) is 6.87. The molecule has 0 aromatic carbocycles. The van der Waals surface area contributed by atoms with Crippen LogP contribution in [0, 0.1) is 10.1 Å². The van der Waals surface area contributed by atoms with Gasteiger partial charge in [-0.3, -0.25) is 14.9 Å². The first-order chi connectivity index (χ1) is 10.0. The third-order valence-corrected chi connectivity index (χ3v) is 2.88. The second-order valence-corrected chi connectivity index (χ2v) is 4.44. The van der Waals surface area contributed by atoms with Crippen LogP contribution < -0.4 is 15.5 Å². The van der Waals surface area contributed by atoms with Gasteiger partial charge in [0.1, 0.15) is 11.6 Å². The second-order valence-electron chi connectivity index (χ2n) is 4.44.